The number of imidazole rings is 1. The first kappa shape index (κ1) is 21.3. The van der Waals surface area contributed by atoms with Crippen molar-refractivity contribution in [2.24, 2.45) is 13.0 Å². The van der Waals surface area contributed by atoms with E-state index >= 15 is 0 Å². The number of hydrogen-bond donors (Lipinski definition) is 2. The van der Waals surface area contributed by atoms with Gasteiger partial charge in [0.15, 0.2) is 0 Å². The van der Waals surface area contributed by atoms with Crippen LogP contribution in [0.5, 0.6) is 0 Å². The van der Waals surface area contributed by atoms with E-state index in [1.165, 1.54) is 0 Å². The summed E-state index contributed by atoms with van der Waals surface area (Å²) in [6.45, 7) is 1.38. The number of halogens is 3. The monoisotopic (exact) mass is 431 g/mol. The lowest BCUT2D eigenvalue weighted by Gasteiger charge is -2.26. The zero-order chi connectivity index (χ0) is 22.0. The van der Waals surface area contributed by atoms with Gasteiger partial charge >= 0.3 is 6.18 Å². The number of carbonyl (C=O) groups is 1. The fraction of sp³-hybridized carbons (Fsp3) is 0.409. The molecule has 1 unspecified atom stereocenters. The Labute approximate surface area is 177 Å². The molecule has 1 aromatic carbocycles. The highest BCUT2D eigenvalue weighted by atomic mass is 19.4. The van der Waals surface area contributed by atoms with E-state index in [1.54, 1.807) is 24.8 Å². The molecule has 1 saturated heterocycles. The first-order valence-corrected chi connectivity index (χ1v) is 10.2. The minimum atomic E-state index is -4.43. The first-order valence-electron chi connectivity index (χ1n) is 10.2. The van der Waals surface area contributed by atoms with Gasteiger partial charge in [0.2, 0.25) is 5.91 Å². The Hall–Kier alpha value is -2.94. The Morgan fingerprint density at radius 2 is 2.00 bits per heavy atom. The van der Waals surface area contributed by atoms with E-state index in [9.17, 15) is 18.0 Å². The van der Waals surface area contributed by atoms with Crippen LogP contribution >= 0.6 is 0 Å². The molecule has 1 fully saturated rings. The third kappa shape index (κ3) is 5.04. The molecule has 0 aliphatic carbocycles. The molecule has 3 aromatic rings. The molecule has 0 saturated carbocycles. The molecular weight excluding hydrogens is 407 g/mol. The van der Waals surface area contributed by atoms with Gasteiger partial charge in [0.25, 0.3) is 0 Å². The highest BCUT2D eigenvalue weighted by molar-refractivity contribution is 5.86. The van der Waals surface area contributed by atoms with Crippen molar-refractivity contribution < 1.29 is 18.0 Å². The molecule has 0 spiro atoms. The minimum Gasteiger partial charge on any atom is -0.347 e. The molecule has 0 radical (unpaired) electrons. The molecule has 4 rings (SSSR count). The standard InChI is InChI=1S/C22H24F3N5O/c1-30-13-27-12-20(30)15-2-3-16-11-28-18(9-17(16)8-15)19(10-22(23,24)25)29-21(31)14-4-6-26-7-5-14/h2-3,8-9,11-14,19,26H,4-7,10H2,1H3,(H,29,31). The van der Waals surface area contributed by atoms with Crippen molar-refractivity contribution in [3.63, 3.8) is 0 Å². The minimum absolute atomic E-state index is 0.203. The number of amides is 1. The number of fused-ring (bicyclic) bond motifs is 1. The number of nitrogens with one attached hydrogen (secondary N) is 2. The van der Waals surface area contributed by atoms with E-state index in [0.29, 0.717) is 25.9 Å². The largest absolute Gasteiger partial charge is 0.391 e. The molecule has 1 atom stereocenters. The van der Waals surface area contributed by atoms with Crippen LogP contribution in [-0.4, -0.2) is 39.7 Å². The number of alkyl halides is 3. The van der Waals surface area contributed by atoms with Gasteiger partial charge in [-0.05, 0) is 43.5 Å². The maximum absolute atomic E-state index is 13.3. The zero-order valence-corrected chi connectivity index (χ0v) is 17.1. The number of rotatable bonds is 5. The summed E-state index contributed by atoms with van der Waals surface area (Å²) in [7, 11) is 1.88. The Morgan fingerprint density at radius 3 is 2.68 bits per heavy atom. The van der Waals surface area contributed by atoms with E-state index in [4.69, 9.17) is 0 Å². The summed E-state index contributed by atoms with van der Waals surface area (Å²) in [6, 6.07) is 6.10. The molecule has 164 valence electrons. The van der Waals surface area contributed by atoms with E-state index in [0.717, 1.165) is 22.0 Å². The van der Waals surface area contributed by atoms with Gasteiger partial charge in [0, 0.05) is 30.1 Å². The summed E-state index contributed by atoms with van der Waals surface area (Å²) in [5.74, 6) is -0.629. The van der Waals surface area contributed by atoms with Crippen LogP contribution in [0.4, 0.5) is 13.2 Å². The lowest BCUT2D eigenvalue weighted by Crippen LogP contribution is -2.40. The number of carbonyl (C=O) groups excluding carboxylic acids is 1. The molecule has 1 amide bonds. The van der Waals surface area contributed by atoms with Crippen molar-refractivity contribution in [3.05, 3.63) is 48.7 Å². The Bertz CT molecular complexity index is 1070. The molecule has 6 nitrogen and oxygen atoms in total. The van der Waals surface area contributed by atoms with Crippen LogP contribution in [0.25, 0.3) is 22.0 Å². The van der Waals surface area contributed by atoms with E-state index in [-0.39, 0.29) is 17.5 Å². The van der Waals surface area contributed by atoms with Crippen LogP contribution in [0.2, 0.25) is 0 Å². The van der Waals surface area contributed by atoms with Crippen molar-refractivity contribution in [2.75, 3.05) is 13.1 Å². The normalized spacial score (nSPS) is 16.4. The Morgan fingerprint density at radius 1 is 1.23 bits per heavy atom. The van der Waals surface area contributed by atoms with Gasteiger partial charge in [-0.3, -0.25) is 9.78 Å². The Kier molecular flexibility index (Phi) is 5.95. The topological polar surface area (TPSA) is 71.8 Å². The second-order valence-corrected chi connectivity index (χ2v) is 7.97. The van der Waals surface area contributed by atoms with Gasteiger partial charge < -0.3 is 15.2 Å². The SMILES string of the molecule is Cn1cncc1-c1ccc2cnc(C(CC(F)(F)F)NC(=O)C3CCNCC3)cc2c1. The molecule has 2 aromatic heterocycles. The zero-order valence-electron chi connectivity index (χ0n) is 17.1. The molecule has 3 heterocycles. The number of aryl methyl sites for hydroxylation is 1. The summed E-state index contributed by atoms with van der Waals surface area (Å²) in [5.41, 5.74) is 2.00. The van der Waals surface area contributed by atoms with Crippen molar-refractivity contribution in [2.45, 2.75) is 31.5 Å². The lowest BCUT2D eigenvalue weighted by molar-refractivity contribution is -0.144. The molecule has 1 aliphatic rings. The van der Waals surface area contributed by atoms with Gasteiger partial charge in [-0.25, -0.2) is 4.98 Å². The highest BCUT2D eigenvalue weighted by Crippen LogP contribution is 2.31. The van der Waals surface area contributed by atoms with Crippen molar-refractivity contribution in [1.82, 2.24) is 25.2 Å². The van der Waals surface area contributed by atoms with Crippen molar-refractivity contribution in [1.29, 1.82) is 0 Å². The van der Waals surface area contributed by atoms with Crippen LogP contribution in [0.15, 0.2) is 43.0 Å². The maximum Gasteiger partial charge on any atom is 0.391 e. The van der Waals surface area contributed by atoms with E-state index in [1.807, 2.05) is 29.8 Å². The summed E-state index contributed by atoms with van der Waals surface area (Å²) in [4.78, 5) is 21.0. The predicted octanol–water partition coefficient (Wildman–Crippen LogP) is 3.74. The number of hydrogen-bond acceptors (Lipinski definition) is 4. The van der Waals surface area contributed by atoms with Gasteiger partial charge in [0.1, 0.15) is 0 Å². The van der Waals surface area contributed by atoms with E-state index in [2.05, 4.69) is 20.6 Å². The fourth-order valence-corrected chi connectivity index (χ4v) is 3.98. The molecule has 9 heteroatoms. The van der Waals surface area contributed by atoms with Crippen LogP contribution in [0.1, 0.15) is 31.0 Å². The second kappa shape index (κ2) is 8.66. The average molecular weight is 431 g/mol. The first-order chi connectivity index (χ1) is 14.8. The molecule has 31 heavy (non-hydrogen) atoms. The maximum atomic E-state index is 13.3. The number of aromatic nitrogens is 3. The quantitative estimate of drug-likeness (QED) is 0.646. The number of piperidine rings is 1. The fourth-order valence-electron chi connectivity index (χ4n) is 3.98. The third-order valence-electron chi connectivity index (χ3n) is 5.67. The van der Waals surface area contributed by atoms with Gasteiger partial charge in [-0.1, -0.05) is 12.1 Å². The summed E-state index contributed by atoms with van der Waals surface area (Å²) in [5, 5.41) is 7.33. The summed E-state index contributed by atoms with van der Waals surface area (Å²) >= 11 is 0. The van der Waals surface area contributed by atoms with Crippen LogP contribution < -0.4 is 10.6 Å². The average Bonchev–Trinajstić information content (AvgIpc) is 3.18. The molecule has 0 bridgehead atoms. The lowest BCUT2D eigenvalue weighted by atomic mass is 9.96. The number of nitrogens with zero attached hydrogens (tertiary/aromatic N) is 3. The second-order valence-electron chi connectivity index (χ2n) is 7.97. The third-order valence-corrected chi connectivity index (χ3v) is 5.67. The van der Waals surface area contributed by atoms with Crippen LogP contribution in [0, 0.1) is 5.92 Å². The molecule has 2 N–H and O–H groups in total. The van der Waals surface area contributed by atoms with Gasteiger partial charge in [0.05, 0.1) is 36.4 Å². The van der Waals surface area contributed by atoms with Crippen molar-refractivity contribution in [3.8, 4) is 11.3 Å². The van der Waals surface area contributed by atoms with Crippen LogP contribution in [-0.2, 0) is 11.8 Å². The predicted molar refractivity (Wildman–Crippen MR) is 111 cm³/mol. The molecule has 1 aliphatic heterocycles. The van der Waals surface area contributed by atoms with Gasteiger partial charge in [-0.2, -0.15) is 13.2 Å². The summed E-state index contributed by atoms with van der Waals surface area (Å²) in [6.07, 6.45) is 0.608. The van der Waals surface area contributed by atoms with Gasteiger partial charge in [-0.15, -0.1) is 0 Å². The number of benzene rings is 1. The number of pyridine rings is 1. The highest BCUT2D eigenvalue weighted by Gasteiger charge is 2.35. The van der Waals surface area contributed by atoms with Crippen LogP contribution in [0.3, 0.4) is 0 Å². The van der Waals surface area contributed by atoms with Crippen molar-refractivity contribution >= 4 is 16.7 Å². The Balaban J connectivity index is 1.65. The molecular formula is C22H24F3N5O. The smallest absolute Gasteiger partial charge is 0.347 e. The van der Waals surface area contributed by atoms with E-state index < -0.39 is 18.6 Å². The summed E-state index contributed by atoms with van der Waals surface area (Å²) < 4.78 is 41.8.